The van der Waals surface area contributed by atoms with Gasteiger partial charge in [-0.15, -0.1) is 11.3 Å². The van der Waals surface area contributed by atoms with E-state index in [2.05, 4.69) is 29.2 Å². The van der Waals surface area contributed by atoms with E-state index < -0.39 is 6.09 Å². The Kier molecular flexibility index (Phi) is 8.25. The van der Waals surface area contributed by atoms with Gasteiger partial charge in [0.1, 0.15) is 23.0 Å². The maximum Gasteiger partial charge on any atom is 0.414 e. The first-order valence-corrected chi connectivity index (χ1v) is 14.2. The number of nitrogens with zero attached hydrogens (tertiary/aromatic N) is 4. The van der Waals surface area contributed by atoms with Crippen molar-refractivity contribution in [2.45, 2.75) is 52.2 Å². The van der Waals surface area contributed by atoms with E-state index in [1.165, 1.54) is 11.3 Å². The van der Waals surface area contributed by atoms with Crippen molar-refractivity contribution in [3.8, 4) is 33.7 Å². The zero-order valence-electron chi connectivity index (χ0n) is 22.4. The summed E-state index contributed by atoms with van der Waals surface area (Å²) in [4.78, 5) is 21.1. The van der Waals surface area contributed by atoms with Gasteiger partial charge in [-0.1, -0.05) is 28.9 Å². The summed E-state index contributed by atoms with van der Waals surface area (Å²) in [6.45, 7) is 8.37. The average Bonchev–Trinajstić information content (AvgIpc) is 3.65. The number of halogens is 1. The first-order valence-electron chi connectivity index (χ1n) is 13.0. The van der Waals surface area contributed by atoms with Crippen LogP contribution in [0.1, 0.15) is 38.1 Å². The maximum atomic E-state index is 13.1. The smallest absolute Gasteiger partial charge is 0.414 e. The largest absolute Gasteiger partial charge is 0.496 e. The number of ether oxygens (including phenoxy) is 2. The van der Waals surface area contributed by atoms with E-state index >= 15 is 0 Å². The van der Waals surface area contributed by atoms with Crippen LogP contribution in [0.25, 0.3) is 22.0 Å². The fraction of sp³-hybridized carbons (Fsp3) is 0.393. The number of benzene rings is 1. The summed E-state index contributed by atoms with van der Waals surface area (Å²) in [6, 6.07) is 13.7. The van der Waals surface area contributed by atoms with Gasteiger partial charge >= 0.3 is 6.09 Å². The summed E-state index contributed by atoms with van der Waals surface area (Å²) in [7, 11) is 1.62. The van der Waals surface area contributed by atoms with Gasteiger partial charge in [0.25, 0.3) is 0 Å². The number of methoxy groups -OCH3 is 1. The fourth-order valence-corrected chi connectivity index (χ4v) is 5.82. The molecule has 1 fully saturated rings. The van der Waals surface area contributed by atoms with Crippen LogP contribution in [0.15, 0.2) is 47.0 Å². The average molecular weight is 570 g/mol. The Morgan fingerprint density at radius 2 is 2.00 bits per heavy atom. The predicted molar refractivity (Wildman–Crippen MR) is 152 cm³/mol. The number of rotatable bonds is 8. The van der Waals surface area contributed by atoms with Crippen LogP contribution in [-0.2, 0) is 6.54 Å². The Labute approximate surface area is 236 Å². The number of thiophene rings is 1. The van der Waals surface area contributed by atoms with Crippen molar-refractivity contribution in [2.24, 2.45) is 0 Å². The van der Waals surface area contributed by atoms with E-state index in [1.54, 1.807) is 7.11 Å². The number of imidazole rings is 1. The number of para-hydroxylation sites is 1. The third kappa shape index (κ3) is 6.13. The molecule has 4 aromatic rings. The lowest BCUT2D eigenvalue weighted by atomic mass is 10.0. The highest BCUT2D eigenvalue weighted by Gasteiger charge is 2.26. The van der Waals surface area contributed by atoms with Crippen molar-refractivity contribution in [3.05, 3.63) is 58.2 Å². The number of piperidine rings is 1. The van der Waals surface area contributed by atoms with Crippen LogP contribution in [0.4, 0.5) is 4.79 Å². The van der Waals surface area contributed by atoms with Crippen molar-refractivity contribution >= 4 is 29.0 Å². The van der Waals surface area contributed by atoms with Crippen LogP contribution < -0.4 is 14.8 Å². The topological polar surface area (TPSA) is 94.7 Å². The van der Waals surface area contributed by atoms with Crippen LogP contribution in [-0.4, -0.2) is 58.0 Å². The molecule has 0 unspecified atom stereocenters. The lowest BCUT2D eigenvalue weighted by Crippen LogP contribution is -2.47. The number of hydrogen-bond donors (Lipinski definition) is 1. The first kappa shape index (κ1) is 27.2. The molecule has 39 heavy (non-hydrogen) atoms. The van der Waals surface area contributed by atoms with E-state index in [0.717, 1.165) is 36.4 Å². The molecule has 1 aromatic carbocycles. The molecular weight excluding hydrogens is 538 g/mol. The summed E-state index contributed by atoms with van der Waals surface area (Å²) < 4.78 is 19.6. The van der Waals surface area contributed by atoms with Crippen LogP contribution in [0, 0.1) is 6.92 Å². The van der Waals surface area contributed by atoms with Gasteiger partial charge in [-0.25, -0.2) is 9.78 Å². The highest BCUT2D eigenvalue weighted by molar-refractivity contribution is 7.19. The molecule has 0 radical (unpaired) electrons. The molecular formula is C28H32ClN5O4S. The van der Waals surface area contributed by atoms with E-state index in [1.807, 2.05) is 54.0 Å². The number of hydrogen-bond acceptors (Lipinski definition) is 8. The number of nitrogens with one attached hydrogen (secondary N) is 1. The van der Waals surface area contributed by atoms with Gasteiger partial charge in [0.05, 0.1) is 28.4 Å². The number of aromatic nitrogens is 3. The molecule has 9 nitrogen and oxygen atoms in total. The summed E-state index contributed by atoms with van der Waals surface area (Å²) in [5.41, 5.74) is 2.00. The van der Waals surface area contributed by atoms with Gasteiger partial charge in [-0.3, -0.25) is 4.57 Å². The SMILES string of the molecule is COc1ccccc1-c1nc(C)c(OC(=O)NC2CCN(C(C)C)CC2)n1Cc1cc(-c2ccc(Cl)s2)on1. The second-order valence-electron chi connectivity index (χ2n) is 9.84. The Hall–Kier alpha value is -3.34. The Balaban J connectivity index is 1.42. The molecule has 5 rings (SSSR count). The molecule has 4 heterocycles. The van der Waals surface area contributed by atoms with Crippen LogP contribution in [0.5, 0.6) is 11.6 Å². The number of likely N-dealkylation sites (tertiary alicyclic amines) is 1. The lowest BCUT2D eigenvalue weighted by Gasteiger charge is -2.34. The Morgan fingerprint density at radius 3 is 2.69 bits per heavy atom. The monoisotopic (exact) mass is 569 g/mol. The number of amides is 1. The minimum Gasteiger partial charge on any atom is -0.496 e. The standard InChI is InChI=1S/C28H32ClN5O4S/c1-17(2)33-13-11-19(12-14-33)31-28(35)37-27-18(3)30-26(21-7-5-6-8-22(21)36-4)34(27)16-20-15-23(38-32-20)24-9-10-25(29)39-24/h5-10,15,17,19H,11-14,16H2,1-4H3,(H,31,35). The molecule has 3 aromatic heterocycles. The Bertz CT molecular complexity index is 1440. The van der Waals surface area contributed by atoms with Gasteiger partial charge < -0.3 is 24.2 Å². The van der Waals surface area contributed by atoms with Crippen LogP contribution >= 0.6 is 22.9 Å². The van der Waals surface area contributed by atoms with Gasteiger partial charge in [0, 0.05) is 31.2 Å². The van der Waals surface area contributed by atoms with E-state index in [-0.39, 0.29) is 12.6 Å². The molecule has 0 atom stereocenters. The van der Waals surface area contributed by atoms with Crippen molar-refractivity contribution in [2.75, 3.05) is 20.2 Å². The zero-order chi connectivity index (χ0) is 27.5. The molecule has 1 aliphatic rings. The van der Waals surface area contributed by atoms with E-state index in [0.29, 0.717) is 45.0 Å². The maximum absolute atomic E-state index is 13.1. The summed E-state index contributed by atoms with van der Waals surface area (Å²) in [5.74, 6) is 2.22. The number of carbonyl (C=O) groups excluding carboxylic acids is 1. The minimum atomic E-state index is -0.497. The quantitative estimate of drug-likeness (QED) is 0.268. The minimum absolute atomic E-state index is 0.0635. The summed E-state index contributed by atoms with van der Waals surface area (Å²) >= 11 is 7.52. The number of aryl methyl sites for hydroxylation is 1. The summed E-state index contributed by atoms with van der Waals surface area (Å²) in [6.07, 6.45) is 1.27. The third-order valence-electron chi connectivity index (χ3n) is 6.90. The van der Waals surface area contributed by atoms with Crippen molar-refractivity contribution in [1.29, 1.82) is 0 Å². The van der Waals surface area contributed by atoms with Gasteiger partial charge in [-0.2, -0.15) is 0 Å². The third-order valence-corrected chi connectivity index (χ3v) is 8.14. The van der Waals surface area contributed by atoms with Gasteiger partial charge in [0.15, 0.2) is 5.76 Å². The van der Waals surface area contributed by atoms with Crippen molar-refractivity contribution < 1.29 is 18.8 Å². The van der Waals surface area contributed by atoms with Gasteiger partial charge in [-0.05, 0) is 57.9 Å². The first-order chi connectivity index (χ1) is 18.8. The second-order valence-corrected chi connectivity index (χ2v) is 11.6. The summed E-state index contributed by atoms with van der Waals surface area (Å²) in [5, 5.41) is 7.31. The molecule has 11 heteroatoms. The molecule has 206 valence electrons. The second kappa shape index (κ2) is 11.8. The van der Waals surface area contributed by atoms with Crippen molar-refractivity contribution in [3.63, 3.8) is 0 Å². The molecule has 1 N–H and O–H groups in total. The molecule has 0 bridgehead atoms. The van der Waals surface area contributed by atoms with Gasteiger partial charge in [0.2, 0.25) is 5.88 Å². The number of carbonyl (C=O) groups is 1. The highest BCUT2D eigenvalue weighted by Crippen LogP contribution is 2.35. The normalized spacial score (nSPS) is 14.6. The molecule has 0 saturated carbocycles. The van der Waals surface area contributed by atoms with E-state index in [9.17, 15) is 4.79 Å². The Morgan fingerprint density at radius 1 is 1.23 bits per heavy atom. The lowest BCUT2D eigenvalue weighted by molar-refractivity contribution is 0.151. The van der Waals surface area contributed by atoms with Crippen LogP contribution in [0.3, 0.4) is 0 Å². The van der Waals surface area contributed by atoms with Crippen LogP contribution in [0.2, 0.25) is 4.34 Å². The predicted octanol–water partition coefficient (Wildman–Crippen LogP) is 6.25. The van der Waals surface area contributed by atoms with E-state index in [4.69, 9.17) is 30.6 Å². The molecule has 1 aliphatic heterocycles. The molecule has 1 amide bonds. The molecule has 0 spiro atoms. The fourth-order valence-electron chi connectivity index (χ4n) is 4.82. The molecule has 1 saturated heterocycles. The highest BCUT2D eigenvalue weighted by atomic mass is 35.5. The zero-order valence-corrected chi connectivity index (χ0v) is 24.0. The molecule has 0 aliphatic carbocycles. The van der Waals surface area contributed by atoms with Crippen molar-refractivity contribution in [1.82, 2.24) is 24.9 Å².